The normalized spacial score (nSPS) is 17.6. The minimum absolute atomic E-state index is 0.0661. The van der Waals surface area contributed by atoms with Gasteiger partial charge in [-0.25, -0.2) is 0 Å². The Bertz CT molecular complexity index is 1240. The van der Waals surface area contributed by atoms with Gasteiger partial charge in [-0.1, -0.05) is 13.0 Å². The number of nitrogens with one attached hydrogen (secondary N) is 2. The van der Waals surface area contributed by atoms with Crippen molar-refractivity contribution in [2.45, 2.75) is 59.2 Å². The summed E-state index contributed by atoms with van der Waals surface area (Å²) in [7, 11) is 1.60. The van der Waals surface area contributed by atoms with E-state index in [0.29, 0.717) is 29.0 Å². The maximum atomic E-state index is 12.0. The summed E-state index contributed by atoms with van der Waals surface area (Å²) in [6.45, 7) is 10.5. The molecule has 0 saturated carbocycles. The third-order valence-electron chi connectivity index (χ3n) is 6.52. The number of hydrogen-bond donors (Lipinski definition) is 2. The van der Waals surface area contributed by atoms with E-state index in [0.717, 1.165) is 11.4 Å². The van der Waals surface area contributed by atoms with Crippen LogP contribution in [0.2, 0.25) is 0 Å². The molecule has 2 atom stereocenters. The van der Waals surface area contributed by atoms with Crippen molar-refractivity contribution in [3.05, 3.63) is 71.3 Å². The van der Waals surface area contributed by atoms with Crippen LogP contribution in [0.15, 0.2) is 48.7 Å². The Balaban J connectivity index is 1.85. The van der Waals surface area contributed by atoms with Gasteiger partial charge in [0.25, 0.3) is 0 Å². The number of methoxy groups -OCH3 is 1. The molecule has 2 aromatic heterocycles. The third kappa shape index (κ3) is 4.62. The first-order chi connectivity index (χ1) is 16.8. The second kappa shape index (κ2) is 10.1. The van der Waals surface area contributed by atoms with Gasteiger partial charge in [0, 0.05) is 41.8 Å². The Morgan fingerprint density at radius 3 is 2.60 bits per heavy atom. The van der Waals surface area contributed by atoms with Crippen molar-refractivity contribution < 1.29 is 9.53 Å². The van der Waals surface area contributed by atoms with E-state index >= 15 is 0 Å². The highest BCUT2D eigenvalue weighted by molar-refractivity contribution is 7.80. The zero-order chi connectivity index (χ0) is 25.3. The fraction of sp³-hybridized carbons (Fsp3) is 0.370. The molecular formula is C27H33N5O2S. The molecule has 184 valence electrons. The van der Waals surface area contributed by atoms with E-state index in [1.807, 2.05) is 49.5 Å². The van der Waals surface area contributed by atoms with Crippen molar-refractivity contribution in [2.24, 2.45) is 0 Å². The lowest BCUT2D eigenvalue weighted by molar-refractivity contribution is -0.115. The van der Waals surface area contributed by atoms with Gasteiger partial charge in [-0.15, -0.1) is 0 Å². The number of nitrogens with zero attached hydrogens (tertiary/aromatic N) is 3. The van der Waals surface area contributed by atoms with Crippen LogP contribution >= 0.6 is 12.2 Å². The molecule has 0 unspecified atom stereocenters. The number of thiocarbonyl (C=S) groups is 1. The van der Waals surface area contributed by atoms with Gasteiger partial charge < -0.3 is 24.8 Å². The van der Waals surface area contributed by atoms with Gasteiger partial charge in [0.2, 0.25) is 5.91 Å². The molecule has 0 bridgehead atoms. The van der Waals surface area contributed by atoms with Gasteiger partial charge in [-0.3, -0.25) is 9.78 Å². The molecule has 8 heteroatoms. The zero-order valence-electron chi connectivity index (χ0n) is 21.1. The molecule has 1 aliphatic rings. The first-order valence-electron chi connectivity index (χ1n) is 11.9. The van der Waals surface area contributed by atoms with Crippen molar-refractivity contribution in [1.82, 2.24) is 14.9 Å². The molecule has 3 heterocycles. The maximum absolute atomic E-state index is 12.0. The predicted molar refractivity (Wildman–Crippen MR) is 144 cm³/mol. The molecule has 1 amide bonds. The number of ether oxygens (including phenoxy) is 1. The van der Waals surface area contributed by atoms with Crippen LogP contribution in [-0.4, -0.2) is 27.7 Å². The van der Waals surface area contributed by atoms with Crippen LogP contribution in [0, 0.1) is 13.8 Å². The lowest BCUT2D eigenvalue weighted by atomic mass is 9.96. The first kappa shape index (κ1) is 24.7. The Morgan fingerprint density at radius 1 is 1.23 bits per heavy atom. The molecule has 7 nitrogen and oxygen atoms in total. The molecule has 35 heavy (non-hydrogen) atoms. The van der Waals surface area contributed by atoms with Crippen LogP contribution in [0.1, 0.15) is 68.0 Å². The Kier molecular flexibility index (Phi) is 7.12. The number of aryl methyl sites for hydroxylation is 1. The third-order valence-corrected chi connectivity index (χ3v) is 6.83. The molecule has 1 aromatic carbocycles. The SMILES string of the molecule is CCC(=O)Nc1ccc(N2C(=S)N[C@H](c3ccccn3)[C@H]2c2cc(C)n(C(C)C)c2C)cc1OC. The average Bonchev–Trinajstić information content (AvgIpc) is 3.34. The zero-order valence-corrected chi connectivity index (χ0v) is 21.9. The van der Waals surface area contributed by atoms with Gasteiger partial charge in [0.05, 0.1) is 30.6 Å². The van der Waals surface area contributed by atoms with E-state index < -0.39 is 0 Å². The van der Waals surface area contributed by atoms with E-state index in [1.165, 1.54) is 17.0 Å². The average molecular weight is 492 g/mol. The summed E-state index contributed by atoms with van der Waals surface area (Å²) < 4.78 is 7.99. The summed E-state index contributed by atoms with van der Waals surface area (Å²) in [6, 6.07) is 14.1. The fourth-order valence-corrected chi connectivity index (χ4v) is 5.36. The quantitative estimate of drug-likeness (QED) is 0.418. The Morgan fingerprint density at radius 2 is 2.00 bits per heavy atom. The van der Waals surface area contributed by atoms with Crippen LogP contribution in [0.3, 0.4) is 0 Å². The van der Waals surface area contributed by atoms with Crippen molar-refractivity contribution in [1.29, 1.82) is 0 Å². The topological polar surface area (TPSA) is 71.4 Å². The highest BCUT2D eigenvalue weighted by Gasteiger charge is 2.42. The molecule has 1 aliphatic heterocycles. The highest BCUT2D eigenvalue weighted by atomic mass is 32.1. The van der Waals surface area contributed by atoms with Crippen molar-refractivity contribution in [3.8, 4) is 5.75 Å². The standard InChI is InChI=1S/C27H33N5O2S/c1-7-24(33)29-21-12-11-19(15-23(21)34-6)32-26(20-14-17(4)31(16(2)3)18(20)5)25(30-27(32)35)22-10-8-9-13-28-22/h8-16,25-26H,7H2,1-6H3,(H,29,33)(H,30,35)/t25-,26-/m1/s1. The van der Waals surface area contributed by atoms with Crippen molar-refractivity contribution in [2.75, 3.05) is 17.3 Å². The maximum Gasteiger partial charge on any atom is 0.224 e. The summed E-state index contributed by atoms with van der Waals surface area (Å²) in [5.74, 6) is 0.517. The first-order valence-corrected chi connectivity index (χ1v) is 12.3. The minimum atomic E-state index is -0.129. The van der Waals surface area contributed by atoms with Gasteiger partial charge >= 0.3 is 0 Å². The van der Waals surface area contributed by atoms with Crippen LogP contribution in [0.25, 0.3) is 0 Å². The summed E-state index contributed by atoms with van der Waals surface area (Å²) in [5.41, 5.74) is 6.06. The van der Waals surface area contributed by atoms with Gasteiger partial charge in [-0.05, 0) is 75.8 Å². The number of aromatic nitrogens is 2. The van der Waals surface area contributed by atoms with E-state index in [-0.39, 0.29) is 18.0 Å². The number of pyridine rings is 1. The second-order valence-electron chi connectivity index (χ2n) is 9.07. The Labute approximate surface area is 212 Å². The van der Waals surface area contributed by atoms with Crippen molar-refractivity contribution in [3.63, 3.8) is 0 Å². The molecule has 0 radical (unpaired) electrons. The van der Waals surface area contributed by atoms with Crippen LogP contribution < -0.4 is 20.3 Å². The molecule has 3 aromatic rings. The van der Waals surface area contributed by atoms with E-state index in [1.54, 1.807) is 7.11 Å². The fourth-order valence-electron chi connectivity index (χ4n) is 5.02. The molecule has 0 spiro atoms. The summed E-state index contributed by atoms with van der Waals surface area (Å²) >= 11 is 5.88. The van der Waals surface area contributed by atoms with E-state index in [2.05, 4.69) is 58.8 Å². The lowest BCUT2D eigenvalue weighted by Crippen LogP contribution is -2.29. The number of rotatable bonds is 7. The van der Waals surface area contributed by atoms with Gasteiger partial charge in [-0.2, -0.15) is 0 Å². The van der Waals surface area contributed by atoms with E-state index in [9.17, 15) is 4.79 Å². The number of carbonyl (C=O) groups excluding carboxylic acids is 1. The van der Waals surface area contributed by atoms with Crippen molar-refractivity contribution >= 4 is 34.6 Å². The predicted octanol–water partition coefficient (Wildman–Crippen LogP) is 5.62. The molecule has 4 rings (SSSR count). The number of benzene rings is 1. The van der Waals surface area contributed by atoms with Crippen LogP contribution in [-0.2, 0) is 4.79 Å². The van der Waals surface area contributed by atoms with Gasteiger partial charge in [0.1, 0.15) is 5.75 Å². The van der Waals surface area contributed by atoms with E-state index in [4.69, 9.17) is 17.0 Å². The molecule has 0 aliphatic carbocycles. The summed E-state index contributed by atoms with van der Waals surface area (Å²) in [5, 5.41) is 7.04. The molecule has 1 fully saturated rings. The van der Waals surface area contributed by atoms with Crippen LogP contribution in [0.5, 0.6) is 5.75 Å². The Hall–Kier alpha value is -3.39. The second-order valence-corrected chi connectivity index (χ2v) is 9.46. The number of hydrogen-bond acceptors (Lipinski definition) is 4. The van der Waals surface area contributed by atoms with Crippen LogP contribution in [0.4, 0.5) is 11.4 Å². The molecule has 1 saturated heterocycles. The molecular weight excluding hydrogens is 458 g/mol. The smallest absolute Gasteiger partial charge is 0.224 e. The molecule has 2 N–H and O–H groups in total. The summed E-state index contributed by atoms with van der Waals surface area (Å²) in [4.78, 5) is 18.8. The minimum Gasteiger partial charge on any atom is -0.494 e. The largest absolute Gasteiger partial charge is 0.494 e. The number of carbonyl (C=O) groups is 1. The highest BCUT2D eigenvalue weighted by Crippen LogP contribution is 2.45. The monoisotopic (exact) mass is 491 g/mol. The van der Waals surface area contributed by atoms with Gasteiger partial charge in [0.15, 0.2) is 5.11 Å². The number of anilines is 2. The number of amides is 1. The summed E-state index contributed by atoms with van der Waals surface area (Å²) in [6.07, 6.45) is 2.20. The lowest BCUT2D eigenvalue weighted by Gasteiger charge is -2.29.